The Hall–Kier alpha value is -1.64. The lowest BCUT2D eigenvalue weighted by atomic mass is 9.74. The Balaban J connectivity index is 1.68. The molecule has 1 saturated heterocycles. The van der Waals surface area contributed by atoms with Gasteiger partial charge in [-0.15, -0.1) is 0 Å². The fourth-order valence-electron chi connectivity index (χ4n) is 3.48. The van der Waals surface area contributed by atoms with Crippen molar-refractivity contribution in [3.05, 3.63) is 70.8 Å². The Morgan fingerprint density at radius 2 is 1.70 bits per heavy atom. The molecule has 1 aliphatic heterocycles. The van der Waals surface area contributed by atoms with Gasteiger partial charge in [0.25, 0.3) is 0 Å². The number of benzene rings is 2. The van der Waals surface area contributed by atoms with Gasteiger partial charge in [-0.3, -0.25) is 0 Å². The molecule has 0 saturated carbocycles. The zero-order chi connectivity index (χ0) is 16.1. The predicted octanol–water partition coefficient (Wildman–Crippen LogP) is 4.14. The van der Waals surface area contributed by atoms with E-state index in [1.807, 2.05) is 0 Å². The smallest absolute Gasteiger partial charge is 0.0475 e. The zero-order valence-electron chi connectivity index (χ0n) is 14.3. The van der Waals surface area contributed by atoms with Crippen LogP contribution < -0.4 is 5.32 Å². The number of hydrogen-bond acceptors (Lipinski definition) is 2. The van der Waals surface area contributed by atoms with E-state index in [0.29, 0.717) is 0 Å². The van der Waals surface area contributed by atoms with Crippen LogP contribution in [0, 0.1) is 13.8 Å². The second kappa shape index (κ2) is 7.29. The molecule has 0 aromatic heterocycles. The van der Waals surface area contributed by atoms with Gasteiger partial charge < -0.3 is 10.1 Å². The molecule has 2 heteroatoms. The maximum absolute atomic E-state index is 5.61. The maximum atomic E-state index is 5.61. The average Bonchev–Trinajstić information content (AvgIpc) is 2.60. The predicted molar refractivity (Wildman–Crippen MR) is 95.8 cm³/mol. The van der Waals surface area contributed by atoms with Crippen molar-refractivity contribution in [3.8, 4) is 0 Å². The molecule has 23 heavy (non-hydrogen) atoms. The van der Waals surface area contributed by atoms with Crippen molar-refractivity contribution in [2.75, 3.05) is 19.8 Å². The van der Waals surface area contributed by atoms with Crippen molar-refractivity contribution in [3.63, 3.8) is 0 Å². The van der Waals surface area contributed by atoms with Crippen molar-refractivity contribution in [1.29, 1.82) is 0 Å². The molecule has 0 aliphatic carbocycles. The molecule has 1 fully saturated rings. The molecule has 0 atom stereocenters. The van der Waals surface area contributed by atoms with Gasteiger partial charge in [0, 0.05) is 31.7 Å². The maximum Gasteiger partial charge on any atom is 0.0475 e. The van der Waals surface area contributed by atoms with Gasteiger partial charge in [0.2, 0.25) is 0 Å². The molecule has 1 N–H and O–H groups in total. The highest BCUT2D eigenvalue weighted by molar-refractivity contribution is 5.30. The fraction of sp³-hybridized carbons (Fsp3) is 0.429. The molecule has 122 valence electrons. The molecule has 2 aromatic rings. The van der Waals surface area contributed by atoms with E-state index in [4.69, 9.17) is 4.74 Å². The van der Waals surface area contributed by atoms with Gasteiger partial charge in [-0.25, -0.2) is 0 Å². The second-order valence-electron chi connectivity index (χ2n) is 6.78. The van der Waals surface area contributed by atoms with E-state index in [2.05, 4.69) is 67.7 Å². The van der Waals surface area contributed by atoms with Crippen LogP contribution in [0.2, 0.25) is 0 Å². The molecular weight excluding hydrogens is 282 g/mol. The minimum atomic E-state index is 0.208. The van der Waals surface area contributed by atoms with Crippen molar-refractivity contribution < 1.29 is 4.74 Å². The van der Waals surface area contributed by atoms with Gasteiger partial charge in [0.15, 0.2) is 0 Å². The number of nitrogens with one attached hydrogen (secondary N) is 1. The van der Waals surface area contributed by atoms with Crippen LogP contribution in [-0.4, -0.2) is 19.8 Å². The molecule has 0 bridgehead atoms. The van der Waals surface area contributed by atoms with E-state index in [0.717, 1.165) is 39.1 Å². The SMILES string of the molecule is Cc1ccc(CNCC2(c3ccccc3)CCOCC2)cc1C. The first-order valence-corrected chi connectivity index (χ1v) is 8.60. The van der Waals surface area contributed by atoms with E-state index in [1.165, 1.54) is 22.3 Å². The summed E-state index contributed by atoms with van der Waals surface area (Å²) in [6.45, 7) is 8.01. The van der Waals surface area contributed by atoms with Gasteiger partial charge in [0.05, 0.1) is 0 Å². The minimum absolute atomic E-state index is 0.208. The third-order valence-corrected chi connectivity index (χ3v) is 5.20. The molecule has 3 rings (SSSR count). The number of ether oxygens (including phenoxy) is 1. The van der Waals surface area contributed by atoms with Crippen LogP contribution in [0.1, 0.15) is 35.1 Å². The molecule has 1 aliphatic rings. The Kier molecular flexibility index (Phi) is 5.14. The summed E-state index contributed by atoms with van der Waals surface area (Å²) in [6.07, 6.45) is 2.19. The van der Waals surface area contributed by atoms with E-state index >= 15 is 0 Å². The highest BCUT2D eigenvalue weighted by Crippen LogP contribution is 2.34. The van der Waals surface area contributed by atoms with Crippen molar-refractivity contribution in [1.82, 2.24) is 5.32 Å². The number of hydrogen-bond donors (Lipinski definition) is 1. The first kappa shape index (κ1) is 16.2. The lowest BCUT2D eigenvalue weighted by Crippen LogP contribution is -2.42. The summed E-state index contributed by atoms with van der Waals surface area (Å²) in [5, 5.41) is 3.70. The minimum Gasteiger partial charge on any atom is -0.381 e. The molecule has 0 unspecified atom stereocenters. The van der Waals surface area contributed by atoms with Gasteiger partial charge >= 0.3 is 0 Å². The highest BCUT2D eigenvalue weighted by atomic mass is 16.5. The Bertz CT molecular complexity index is 630. The topological polar surface area (TPSA) is 21.3 Å². The molecule has 2 aromatic carbocycles. The lowest BCUT2D eigenvalue weighted by molar-refractivity contribution is 0.0498. The molecule has 2 nitrogen and oxygen atoms in total. The van der Waals surface area contributed by atoms with Crippen LogP contribution in [0.5, 0.6) is 0 Å². The summed E-state index contributed by atoms with van der Waals surface area (Å²) in [5.41, 5.74) is 5.74. The van der Waals surface area contributed by atoms with Gasteiger partial charge in [0.1, 0.15) is 0 Å². The zero-order valence-corrected chi connectivity index (χ0v) is 14.3. The standard InChI is InChI=1S/C21H27NO/c1-17-8-9-19(14-18(17)2)15-22-16-21(10-12-23-13-11-21)20-6-4-3-5-7-20/h3-9,14,22H,10-13,15-16H2,1-2H3. The van der Waals surface area contributed by atoms with Crippen LogP contribution in [0.4, 0.5) is 0 Å². The van der Waals surface area contributed by atoms with Crippen molar-refractivity contribution >= 4 is 0 Å². The van der Waals surface area contributed by atoms with Crippen LogP contribution in [0.15, 0.2) is 48.5 Å². The monoisotopic (exact) mass is 309 g/mol. The normalized spacial score (nSPS) is 17.1. The summed E-state index contributed by atoms with van der Waals surface area (Å²) in [6, 6.07) is 17.7. The number of aryl methyl sites for hydroxylation is 2. The molecule has 0 spiro atoms. The Morgan fingerprint density at radius 1 is 0.957 bits per heavy atom. The lowest BCUT2D eigenvalue weighted by Gasteiger charge is -2.38. The van der Waals surface area contributed by atoms with Gasteiger partial charge in [-0.1, -0.05) is 48.5 Å². The molecule has 1 heterocycles. The van der Waals surface area contributed by atoms with Crippen LogP contribution in [0.3, 0.4) is 0 Å². The summed E-state index contributed by atoms with van der Waals surface area (Å²) in [4.78, 5) is 0. The third-order valence-electron chi connectivity index (χ3n) is 5.20. The third kappa shape index (κ3) is 3.82. The van der Waals surface area contributed by atoms with Gasteiger partial charge in [-0.05, 0) is 48.9 Å². The van der Waals surface area contributed by atoms with E-state index in [1.54, 1.807) is 0 Å². The van der Waals surface area contributed by atoms with Crippen molar-refractivity contribution in [2.24, 2.45) is 0 Å². The summed E-state index contributed by atoms with van der Waals surface area (Å²) >= 11 is 0. The van der Waals surface area contributed by atoms with Crippen LogP contribution >= 0.6 is 0 Å². The second-order valence-corrected chi connectivity index (χ2v) is 6.78. The summed E-state index contributed by atoms with van der Waals surface area (Å²) < 4.78 is 5.61. The fourth-order valence-corrected chi connectivity index (χ4v) is 3.48. The van der Waals surface area contributed by atoms with E-state index in [9.17, 15) is 0 Å². The van der Waals surface area contributed by atoms with Crippen LogP contribution in [0.25, 0.3) is 0 Å². The average molecular weight is 309 g/mol. The quantitative estimate of drug-likeness (QED) is 0.896. The van der Waals surface area contributed by atoms with Crippen molar-refractivity contribution in [2.45, 2.75) is 38.6 Å². The van der Waals surface area contributed by atoms with E-state index < -0.39 is 0 Å². The molecular formula is C21H27NO. The molecule has 0 amide bonds. The molecule has 0 radical (unpaired) electrons. The largest absolute Gasteiger partial charge is 0.381 e. The Labute approximate surface area is 139 Å². The first-order chi connectivity index (χ1) is 11.2. The summed E-state index contributed by atoms with van der Waals surface area (Å²) in [5.74, 6) is 0. The first-order valence-electron chi connectivity index (χ1n) is 8.60. The van der Waals surface area contributed by atoms with Gasteiger partial charge in [-0.2, -0.15) is 0 Å². The van der Waals surface area contributed by atoms with E-state index in [-0.39, 0.29) is 5.41 Å². The number of rotatable bonds is 5. The van der Waals surface area contributed by atoms with Crippen LogP contribution in [-0.2, 0) is 16.7 Å². The Morgan fingerprint density at radius 3 is 2.39 bits per heavy atom. The highest BCUT2D eigenvalue weighted by Gasteiger charge is 2.33. The summed E-state index contributed by atoms with van der Waals surface area (Å²) in [7, 11) is 0.